The third-order valence-corrected chi connectivity index (χ3v) is 9.54. The molecule has 45 heavy (non-hydrogen) atoms. The number of carbonyl (C=O) groups is 2. The van der Waals surface area contributed by atoms with Gasteiger partial charge in [0.05, 0.1) is 10.6 Å². The molecule has 10 heteroatoms. The molecule has 0 bridgehead atoms. The molecular weight excluding hydrogens is 629 g/mol. The minimum absolute atomic E-state index is 0.0186. The average molecular weight is 667 g/mol. The summed E-state index contributed by atoms with van der Waals surface area (Å²) < 4.78 is 29.2. The monoisotopic (exact) mass is 665 g/mol. The maximum absolute atomic E-state index is 14.5. The minimum Gasteiger partial charge on any atom is -0.350 e. The van der Waals surface area contributed by atoms with E-state index in [1.165, 1.54) is 23.1 Å². The van der Waals surface area contributed by atoms with Crippen LogP contribution in [0.3, 0.4) is 0 Å². The molecule has 1 atom stereocenters. The van der Waals surface area contributed by atoms with Crippen molar-refractivity contribution in [1.82, 2.24) is 10.2 Å². The summed E-state index contributed by atoms with van der Waals surface area (Å²) in [6.45, 7) is 6.88. The number of amides is 2. The van der Waals surface area contributed by atoms with E-state index in [1.807, 2.05) is 58.0 Å². The molecule has 0 saturated carbocycles. The van der Waals surface area contributed by atoms with Crippen LogP contribution in [0.2, 0.25) is 10.0 Å². The maximum atomic E-state index is 14.5. The summed E-state index contributed by atoms with van der Waals surface area (Å²) in [6, 6.07) is 28.2. The van der Waals surface area contributed by atoms with E-state index in [0.29, 0.717) is 10.0 Å². The van der Waals surface area contributed by atoms with Crippen LogP contribution in [0, 0.1) is 6.92 Å². The first-order chi connectivity index (χ1) is 21.2. The molecule has 4 aromatic carbocycles. The van der Waals surface area contributed by atoms with Gasteiger partial charge in [0.15, 0.2) is 0 Å². The van der Waals surface area contributed by atoms with Crippen LogP contribution in [0.25, 0.3) is 0 Å². The highest BCUT2D eigenvalue weighted by atomic mass is 35.5. The summed E-state index contributed by atoms with van der Waals surface area (Å²) in [7, 11) is -4.22. The molecule has 236 valence electrons. The summed E-state index contributed by atoms with van der Waals surface area (Å²) in [5.74, 6) is -0.921. The zero-order valence-corrected chi connectivity index (χ0v) is 28.0. The number of anilines is 1. The first-order valence-electron chi connectivity index (χ1n) is 14.5. The Morgan fingerprint density at radius 3 is 2.00 bits per heavy atom. The lowest BCUT2D eigenvalue weighted by atomic mass is 10.0. The predicted octanol–water partition coefficient (Wildman–Crippen LogP) is 7.05. The maximum Gasteiger partial charge on any atom is 0.264 e. The number of hydrogen-bond acceptors (Lipinski definition) is 4. The number of carbonyl (C=O) groups excluding carboxylic acids is 2. The van der Waals surface area contributed by atoms with E-state index in [9.17, 15) is 18.0 Å². The molecule has 2 amide bonds. The Labute approximate surface area is 275 Å². The van der Waals surface area contributed by atoms with Gasteiger partial charge in [0.25, 0.3) is 10.0 Å². The number of sulfonamides is 1. The fourth-order valence-corrected chi connectivity index (χ4v) is 6.51. The van der Waals surface area contributed by atoms with Crippen molar-refractivity contribution < 1.29 is 18.0 Å². The van der Waals surface area contributed by atoms with Gasteiger partial charge in [0, 0.05) is 28.5 Å². The molecule has 1 unspecified atom stereocenters. The number of benzene rings is 4. The number of nitrogens with one attached hydrogen (secondary N) is 1. The first kappa shape index (κ1) is 34.0. The van der Waals surface area contributed by atoms with Gasteiger partial charge in [0.2, 0.25) is 11.8 Å². The molecule has 0 saturated heterocycles. The Balaban J connectivity index is 1.82. The first-order valence-corrected chi connectivity index (χ1v) is 16.7. The van der Waals surface area contributed by atoms with Crippen molar-refractivity contribution in [3.05, 3.63) is 130 Å². The highest BCUT2D eigenvalue weighted by molar-refractivity contribution is 7.92. The fraction of sp³-hybridized carbons (Fsp3) is 0.257. The topological polar surface area (TPSA) is 86.8 Å². The Hall–Kier alpha value is -3.85. The lowest BCUT2D eigenvalue weighted by molar-refractivity contribution is -0.140. The zero-order chi connectivity index (χ0) is 32.8. The second kappa shape index (κ2) is 14.5. The summed E-state index contributed by atoms with van der Waals surface area (Å²) >= 11 is 12.6. The molecular formula is C35H37Cl2N3O4S. The van der Waals surface area contributed by atoms with Crippen molar-refractivity contribution in [2.24, 2.45) is 0 Å². The lowest BCUT2D eigenvalue weighted by Crippen LogP contribution is -2.56. The smallest absolute Gasteiger partial charge is 0.264 e. The van der Waals surface area contributed by atoms with Crippen LogP contribution < -0.4 is 9.62 Å². The summed E-state index contributed by atoms with van der Waals surface area (Å²) in [5.41, 5.74) is 1.98. The molecule has 4 aromatic rings. The van der Waals surface area contributed by atoms with Gasteiger partial charge in [-0.05, 0) is 80.8 Å². The van der Waals surface area contributed by atoms with Gasteiger partial charge in [-0.15, -0.1) is 0 Å². The second-order valence-corrected chi connectivity index (χ2v) is 14.6. The predicted molar refractivity (Wildman–Crippen MR) is 181 cm³/mol. The molecule has 0 radical (unpaired) electrons. The van der Waals surface area contributed by atoms with Crippen molar-refractivity contribution in [2.45, 2.75) is 57.1 Å². The van der Waals surface area contributed by atoms with Crippen LogP contribution in [-0.2, 0) is 32.6 Å². The molecule has 0 aliphatic heterocycles. The van der Waals surface area contributed by atoms with Gasteiger partial charge in [-0.1, -0.05) is 89.9 Å². The van der Waals surface area contributed by atoms with Crippen molar-refractivity contribution in [3.8, 4) is 0 Å². The van der Waals surface area contributed by atoms with Crippen molar-refractivity contribution in [1.29, 1.82) is 0 Å². The Morgan fingerprint density at radius 2 is 1.42 bits per heavy atom. The van der Waals surface area contributed by atoms with Crippen molar-refractivity contribution in [3.63, 3.8) is 0 Å². The number of hydrogen-bond donors (Lipinski definition) is 1. The molecule has 1 N–H and O–H groups in total. The lowest BCUT2D eigenvalue weighted by Gasteiger charge is -2.35. The Kier molecular flexibility index (Phi) is 11.0. The van der Waals surface area contributed by atoms with E-state index in [0.717, 1.165) is 21.0 Å². The fourth-order valence-electron chi connectivity index (χ4n) is 4.78. The van der Waals surface area contributed by atoms with Gasteiger partial charge in [-0.25, -0.2) is 8.42 Å². The van der Waals surface area contributed by atoms with E-state index in [-0.39, 0.29) is 29.5 Å². The minimum atomic E-state index is -4.22. The molecule has 0 aromatic heterocycles. The quantitative estimate of drug-likeness (QED) is 0.186. The third kappa shape index (κ3) is 9.10. The zero-order valence-electron chi connectivity index (χ0n) is 25.7. The number of rotatable bonds is 11. The van der Waals surface area contributed by atoms with E-state index in [1.54, 1.807) is 54.6 Å². The molecule has 7 nitrogen and oxygen atoms in total. The normalized spacial score (nSPS) is 12.3. The summed E-state index contributed by atoms with van der Waals surface area (Å²) in [5, 5.41) is 3.91. The van der Waals surface area contributed by atoms with Gasteiger partial charge < -0.3 is 10.2 Å². The van der Waals surface area contributed by atoms with Gasteiger partial charge in [-0.3, -0.25) is 13.9 Å². The van der Waals surface area contributed by atoms with Gasteiger partial charge >= 0.3 is 0 Å². The molecule has 0 aliphatic carbocycles. The standard InChI is InChI=1S/C35H37Cl2N3O4S/c1-25-15-20-29(22-31(25)37)40(45(43,44)30-13-9-6-10-14-30)24-33(41)39(23-27-16-18-28(36)19-17-27)32(34(42)38-35(2,3)4)21-26-11-7-5-8-12-26/h5-20,22,32H,21,23-24H2,1-4H3,(H,38,42). The Bertz CT molecular complexity index is 1730. The van der Waals surface area contributed by atoms with E-state index < -0.39 is 34.1 Å². The van der Waals surface area contributed by atoms with Crippen molar-refractivity contribution in [2.75, 3.05) is 10.8 Å². The molecule has 0 aliphatic rings. The van der Waals surface area contributed by atoms with Crippen LogP contribution in [0.1, 0.15) is 37.5 Å². The van der Waals surface area contributed by atoms with Crippen LogP contribution in [0.4, 0.5) is 5.69 Å². The van der Waals surface area contributed by atoms with E-state index in [4.69, 9.17) is 23.2 Å². The SMILES string of the molecule is Cc1ccc(N(CC(=O)N(Cc2ccc(Cl)cc2)C(Cc2ccccc2)C(=O)NC(C)(C)C)S(=O)(=O)c2ccccc2)cc1Cl. The second-order valence-electron chi connectivity index (χ2n) is 11.9. The van der Waals surface area contributed by atoms with Crippen LogP contribution in [0.15, 0.2) is 108 Å². The highest BCUT2D eigenvalue weighted by Gasteiger charge is 2.35. The largest absolute Gasteiger partial charge is 0.350 e. The molecule has 0 heterocycles. The van der Waals surface area contributed by atoms with Crippen molar-refractivity contribution >= 4 is 50.7 Å². The molecule has 0 spiro atoms. The van der Waals surface area contributed by atoms with Crippen LogP contribution in [0.5, 0.6) is 0 Å². The number of halogens is 2. The van der Waals surface area contributed by atoms with Gasteiger partial charge in [0.1, 0.15) is 12.6 Å². The van der Waals surface area contributed by atoms with E-state index in [2.05, 4.69) is 5.32 Å². The average Bonchev–Trinajstić information content (AvgIpc) is 3.00. The van der Waals surface area contributed by atoms with Crippen LogP contribution in [-0.4, -0.2) is 43.3 Å². The summed E-state index contributed by atoms with van der Waals surface area (Å²) in [4.78, 5) is 29.9. The summed E-state index contributed by atoms with van der Waals surface area (Å²) in [6.07, 6.45) is 0.212. The van der Waals surface area contributed by atoms with E-state index >= 15 is 0 Å². The number of nitrogens with zero attached hydrogens (tertiary/aromatic N) is 2. The number of aryl methyl sites for hydroxylation is 1. The third-order valence-electron chi connectivity index (χ3n) is 7.09. The Morgan fingerprint density at radius 1 is 0.822 bits per heavy atom. The molecule has 0 fully saturated rings. The molecule has 4 rings (SSSR count). The van der Waals surface area contributed by atoms with Crippen LogP contribution >= 0.6 is 23.2 Å². The highest BCUT2D eigenvalue weighted by Crippen LogP contribution is 2.29. The van der Waals surface area contributed by atoms with Gasteiger partial charge in [-0.2, -0.15) is 0 Å².